The number of Topliss-reactive ketones (excluding diaryl/α,β-unsaturated/α-hetero) is 1. The number of rotatable bonds is 4. The largest absolute Gasteiger partial charge is 0.298 e. The van der Waals surface area contributed by atoms with Gasteiger partial charge in [-0.25, -0.2) is 4.39 Å². The number of benzene rings is 2. The van der Waals surface area contributed by atoms with E-state index in [2.05, 4.69) is 10.2 Å². The van der Waals surface area contributed by atoms with Crippen molar-refractivity contribution in [2.75, 3.05) is 0 Å². The van der Waals surface area contributed by atoms with Gasteiger partial charge in [0.2, 0.25) is 0 Å². The summed E-state index contributed by atoms with van der Waals surface area (Å²) in [4.78, 5) is 12.3. The second-order valence-electron chi connectivity index (χ2n) is 6.68. The average molecular weight is 471 g/mol. The SMILES string of the molecule is O=C1CCCC[C@@H]1Sc1nnc(-c2ccc(Cl)cc2Cl)n1-c1ccc(F)c(Cl)c1. The molecule has 4 nitrogen and oxygen atoms in total. The van der Waals surface area contributed by atoms with Gasteiger partial charge in [0.15, 0.2) is 11.0 Å². The summed E-state index contributed by atoms with van der Waals surface area (Å²) in [5.41, 5.74) is 1.19. The number of aromatic nitrogens is 3. The van der Waals surface area contributed by atoms with E-state index in [4.69, 9.17) is 34.8 Å². The minimum Gasteiger partial charge on any atom is -0.298 e. The Bertz CT molecular complexity index is 1090. The van der Waals surface area contributed by atoms with Gasteiger partial charge in [0, 0.05) is 17.0 Å². The molecule has 1 heterocycles. The molecule has 0 aliphatic heterocycles. The molecule has 150 valence electrons. The summed E-state index contributed by atoms with van der Waals surface area (Å²) >= 11 is 19.8. The van der Waals surface area contributed by atoms with E-state index in [1.165, 1.54) is 23.9 Å². The predicted octanol–water partition coefficient (Wildman–Crippen LogP) is 6.64. The van der Waals surface area contributed by atoms with Gasteiger partial charge >= 0.3 is 0 Å². The van der Waals surface area contributed by atoms with Crippen LogP contribution in [0, 0.1) is 5.82 Å². The highest BCUT2D eigenvalue weighted by atomic mass is 35.5. The molecule has 4 rings (SSSR count). The van der Waals surface area contributed by atoms with Gasteiger partial charge < -0.3 is 0 Å². The minimum absolute atomic E-state index is 0.0194. The Labute approximate surface area is 186 Å². The zero-order chi connectivity index (χ0) is 20.5. The molecule has 0 N–H and O–H groups in total. The third kappa shape index (κ3) is 4.31. The maximum absolute atomic E-state index is 13.7. The first-order chi connectivity index (χ1) is 13.9. The molecule has 0 amide bonds. The van der Waals surface area contributed by atoms with Crippen LogP contribution in [0.1, 0.15) is 25.7 Å². The quantitative estimate of drug-likeness (QED) is 0.429. The van der Waals surface area contributed by atoms with Crippen molar-refractivity contribution in [2.45, 2.75) is 36.1 Å². The van der Waals surface area contributed by atoms with Crippen LogP contribution in [0.2, 0.25) is 15.1 Å². The molecule has 0 saturated heterocycles. The van der Waals surface area contributed by atoms with Gasteiger partial charge in [0.05, 0.1) is 21.0 Å². The second-order valence-corrected chi connectivity index (χ2v) is 9.10. The zero-order valence-electron chi connectivity index (χ0n) is 15.0. The Morgan fingerprint density at radius 2 is 1.86 bits per heavy atom. The molecule has 0 bridgehead atoms. The third-order valence-corrected chi connectivity index (χ3v) is 6.81. The van der Waals surface area contributed by atoms with Crippen molar-refractivity contribution in [3.8, 4) is 17.1 Å². The van der Waals surface area contributed by atoms with Crippen LogP contribution in [0.4, 0.5) is 4.39 Å². The Kier molecular flexibility index (Phi) is 6.16. The number of nitrogens with zero attached hydrogens (tertiary/aromatic N) is 3. The normalized spacial score (nSPS) is 17.0. The Morgan fingerprint density at radius 3 is 2.59 bits per heavy atom. The molecule has 1 atom stereocenters. The highest BCUT2D eigenvalue weighted by Gasteiger charge is 2.27. The van der Waals surface area contributed by atoms with Crippen LogP contribution >= 0.6 is 46.6 Å². The van der Waals surface area contributed by atoms with Crippen LogP contribution in [0.15, 0.2) is 41.6 Å². The van der Waals surface area contributed by atoms with E-state index in [1.807, 2.05) is 0 Å². The average Bonchev–Trinajstić information content (AvgIpc) is 3.09. The molecule has 3 aromatic rings. The van der Waals surface area contributed by atoms with Gasteiger partial charge in [-0.2, -0.15) is 0 Å². The van der Waals surface area contributed by atoms with Crippen LogP contribution in [0.3, 0.4) is 0 Å². The van der Waals surface area contributed by atoms with E-state index in [9.17, 15) is 9.18 Å². The maximum Gasteiger partial charge on any atom is 0.196 e. The van der Waals surface area contributed by atoms with Gasteiger partial charge in [-0.05, 0) is 49.2 Å². The number of thioether (sulfide) groups is 1. The lowest BCUT2D eigenvalue weighted by Crippen LogP contribution is -2.21. The lowest BCUT2D eigenvalue weighted by atomic mass is 9.99. The van der Waals surface area contributed by atoms with E-state index in [1.54, 1.807) is 28.8 Å². The van der Waals surface area contributed by atoms with Crippen LogP contribution in [0.5, 0.6) is 0 Å². The molecule has 0 radical (unpaired) electrons. The number of hydrogen-bond donors (Lipinski definition) is 0. The fourth-order valence-corrected chi connectivity index (χ4v) is 5.09. The van der Waals surface area contributed by atoms with Crippen LogP contribution < -0.4 is 0 Å². The summed E-state index contributed by atoms with van der Waals surface area (Å²) in [6.45, 7) is 0. The molecule has 1 aliphatic rings. The fourth-order valence-electron chi connectivity index (χ4n) is 3.25. The molecular weight excluding hydrogens is 456 g/mol. The smallest absolute Gasteiger partial charge is 0.196 e. The fraction of sp³-hybridized carbons (Fsp3) is 0.250. The molecule has 1 aliphatic carbocycles. The summed E-state index contributed by atoms with van der Waals surface area (Å²) < 4.78 is 15.5. The van der Waals surface area contributed by atoms with Crippen molar-refractivity contribution in [3.63, 3.8) is 0 Å². The van der Waals surface area contributed by atoms with E-state index in [0.29, 0.717) is 38.7 Å². The van der Waals surface area contributed by atoms with E-state index < -0.39 is 5.82 Å². The van der Waals surface area contributed by atoms with Crippen molar-refractivity contribution in [2.24, 2.45) is 0 Å². The second kappa shape index (κ2) is 8.64. The van der Waals surface area contributed by atoms with Crippen LogP contribution in [-0.4, -0.2) is 25.8 Å². The summed E-state index contributed by atoms with van der Waals surface area (Å²) in [6.07, 6.45) is 3.28. The highest BCUT2D eigenvalue weighted by molar-refractivity contribution is 8.00. The first kappa shape index (κ1) is 20.7. The number of halogens is 4. The van der Waals surface area contributed by atoms with Crippen molar-refractivity contribution < 1.29 is 9.18 Å². The topological polar surface area (TPSA) is 47.8 Å². The maximum atomic E-state index is 13.7. The van der Waals surface area contributed by atoms with Crippen molar-refractivity contribution in [3.05, 3.63) is 57.3 Å². The van der Waals surface area contributed by atoms with Gasteiger partial charge in [0.1, 0.15) is 11.6 Å². The molecule has 1 fully saturated rings. The van der Waals surface area contributed by atoms with Crippen LogP contribution in [0.25, 0.3) is 17.1 Å². The molecule has 1 aromatic heterocycles. The number of carbonyl (C=O) groups is 1. The van der Waals surface area contributed by atoms with Crippen molar-refractivity contribution in [1.29, 1.82) is 0 Å². The van der Waals surface area contributed by atoms with E-state index in [-0.39, 0.29) is 16.1 Å². The van der Waals surface area contributed by atoms with Gasteiger partial charge in [-0.1, -0.05) is 53.0 Å². The minimum atomic E-state index is -0.522. The number of carbonyl (C=O) groups excluding carboxylic acids is 1. The number of ketones is 1. The zero-order valence-corrected chi connectivity index (χ0v) is 18.1. The predicted molar refractivity (Wildman–Crippen MR) is 115 cm³/mol. The van der Waals surface area contributed by atoms with E-state index in [0.717, 1.165) is 19.3 Å². The first-order valence-electron chi connectivity index (χ1n) is 8.99. The molecule has 0 spiro atoms. The first-order valence-corrected chi connectivity index (χ1v) is 11.0. The van der Waals surface area contributed by atoms with Gasteiger partial charge in [-0.15, -0.1) is 10.2 Å². The summed E-state index contributed by atoms with van der Waals surface area (Å²) in [5.74, 6) is 0.144. The molecule has 9 heteroatoms. The Morgan fingerprint density at radius 1 is 1.03 bits per heavy atom. The molecule has 2 aromatic carbocycles. The van der Waals surface area contributed by atoms with Gasteiger partial charge in [-0.3, -0.25) is 9.36 Å². The lowest BCUT2D eigenvalue weighted by molar-refractivity contribution is -0.119. The summed E-state index contributed by atoms with van der Waals surface area (Å²) in [6, 6.07) is 9.44. The monoisotopic (exact) mass is 469 g/mol. The van der Waals surface area contributed by atoms with Gasteiger partial charge in [0.25, 0.3) is 0 Å². The summed E-state index contributed by atoms with van der Waals surface area (Å²) in [5, 5.41) is 9.84. The van der Waals surface area contributed by atoms with Crippen LogP contribution in [-0.2, 0) is 4.79 Å². The Hall–Kier alpha value is -1.60. The van der Waals surface area contributed by atoms with Crippen molar-refractivity contribution in [1.82, 2.24) is 14.8 Å². The summed E-state index contributed by atoms with van der Waals surface area (Å²) in [7, 11) is 0. The molecule has 1 saturated carbocycles. The third-order valence-electron chi connectivity index (χ3n) is 4.71. The lowest BCUT2D eigenvalue weighted by Gasteiger charge is -2.20. The number of hydrogen-bond acceptors (Lipinski definition) is 4. The van der Waals surface area contributed by atoms with Crippen molar-refractivity contribution >= 4 is 52.3 Å². The molecule has 0 unspecified atom stereocenters. The Balaban J connectivity index is 1.84. The molecular formula is C20H15Cl3FN3OS. The van der Waals surface area contributed by atoms with E-state index >= 15 is 0 Å². The highest BCUT2D eigenvalue weighted by Crippen LogP contribution is 2.37. The molecule has 29 heavy (non-hydrogen) atoms. The standard InChI is InChI=1S/C20H15Cl3FN3OS/c21-11-5-7-13(14(22)9-11)19-25-26-20(29-18-4-2-1-3-17(18)28)27(19)12-6-8-16(24)15(23)10-12/h5-10,18H,1-4H2/t18-/m0/s1.